The number of hydrogen-bond donors (Lipinski definition) is 4. The van der Waals surface area contributed by atoms with Crippen LogP contribution < -0.4 is 5.32 Å². The maximum Gasteiger partial charge on any atom is 0.276 e. The highest BCUT2D eigenvalue weighted by molar-refractivity contribution is 6.03. The van der Waals surface area contributed by atoms with Crippen LogP contribution in [0.2, 0.25) is 0 Å². The van der Waals surface area contributed by atoms with Gasteiger partial charge < -0.3 is 15.4 Å². The van der Waals surface area contributed by atoms with E-state index in [1.165, 1.54) is 0 Å². The van der Waals surface area contributed by atoms with Crippen LogP contribution in [-0.2, 0) is 6.42 Å². The zero-order valence-electron chi connectivity index (χ0n) is 13.9. The first kappa shape index (κ1) is 16.2. The van der Waals surface area contributed by atoms with E-state index >= 15 is 0 Å². The summed E-state index contributed by atoms with van der Waals surface area (Å²) in [6.07, 6.45) is 0.182. The molecule has 1 aromatic carbocycles. The van der Waals surface area contributed by atoms with Gasteiger partial charge in [0.25, 0.3) is 5.91 Å². The molecule has 3 aromatic rings. The van der Waals surface area contributed by atoms with Crippen LogP contribution in [0.1, 0.15) is 48.9 Å². The first-order chi connectivity index (χ1) is 11.4. The molecule has 0 saturated carbocycles. The lowest BCUT2D eigenvalue weighted by atomic mass is 10.1. The van der Waals surface area contributed by atoms with E-state index in [2.05, 4.69) is 39.3 Å². The molecule has 0 bridgehead atoms. The van der Waals surface area contributed by atoms with Crippen LogP contribution in [0, 0.1) is 5.92 Å². The molecular formula is C17H21N5O2. The molecule has 7 nitrogen and oxygen atoms in total. The standard InChI is InChI=1S/C17H21N5O2/c1-9(2)6-12-8-15(22-21-12)17(24)18-11-4-5-13-14(7-11)20-16(19-13)10(3)23/h4-5,7-10,23H,6H2,1-3H3,(H,18,24)(H,19,20)(H,21,22). The highest BCUT2D eigenvalue weighted by atomic mass is 16.3. The molecule has 4 N–H and O–H groups in total. The fraction of sp³-hybridized carbons (Fsp3) is 0.353. The van der Waals surface area contributed by atoms with Crippen molar-refractivity contribution in [3.05, 3.63) is 41.5 Å². The van der Waals surface area contributed by atoms with Crippen LogP contribution in [0.25, 0.3) is 11.0 Å². The van der Waals surface area contributed by atoms with Crippen LogP contribution in [-0.4, -0.2) is 31.2 Å². The molecule has 0 fully saturated rings. The molecule has 126 valence electrons. The number of amides is 1. The van der Waals surface area contributed by atoms with E-state index in [4.69, 9.17) is 0 Å². The maximum absolute atomic E-state index is 12.3. The lowest BCUT2D eigenvalue weighted by Crippen LogP contribution is -2.12. The molecular weight excluding hydrogens is 306 g/mol. The number of hydrogen-bond acceptors (Lipinski definition) is 4. The van der Waals surface area contributed by atoms with Crippen molar-refractivity contribution in [1.29, 1.82) is 0 Å². The number of carbonyl (C=O) groups excluding carboxylic acids is 1. The number of aliphatic hydroxyl groups is 1. The fourth-order valence-corrected chi connectivity index (χ4v) is 2.52. The van der Waals surface area contributed by atoms with Crippen LogP contribution >= 0.6 is 0 Å². The number of nitrogens with one attached hydrogen (secondary N) is 3. The lowest BCUT2D eigenvalue weighted by Gasteiger charge is -2.02. The second-order valence-electron chi connectivity index (χ2n) is 6.36. The van der Waals surface area contributed by atoms with E-state index in [0.29, 0.717) is 23.1 Å². The number of imidazole rings is 1. The van der Waals surface area contributed by atoms with Crippen LogP contribution in [0.3, 0.4) is 0 Å². The van der Waals surface area contributed by atoms with E-state index in [9.17, 15) is 9.90 Å². The quantitative estimate of drug-likeness (QED) is 0.578. The first-order valence-corrected chi connectivity index (χ1v) is 7.95. The van der Waals surface area contributed by atoms with Crippen LogP contribution in [0.4, 0.5) is 5.69 Å². The minimum absolute atomic E-state index is 0.268. The van der Waals surface area contributed by atoms with Gasteiger partial charge >= 0.3 is 0 Å². The zero-order valence-corrected chi connectivity index (χ0v) is 13.9. The van der Waals surface area contributed by atoms with Crippen molar-refractivity contribution < 1.29 is 9.90 Å². The topological polar surface area (TPSA) is 107 Å². The molecule has 7 heteroatoms. The highest BCUT2D eigenvalue weighted by Crippen LogP contribution is 2.20. The molecule has 1 atom stereocenters. The molecule has 0 spiro atoms. The van der Waals surface area contributed by atoms with Crippen molar-refractivity contribution in [3.8, 4) is 0 Å². The molecule has 0 radical (unpaired) electrons. The van der Waals surface area contributed by atoms with Crippen molar-refractivity contribution in [2.24, 2.45) is 5.92 Å². The van der Waals surface area contributed by atoms with Gasteiger partial charge in [-0.1, -0.05) is 13.8 Å². The molecule has 0 aliphatic heterocycles. The molecule has 0 saturated heterocycles. The Morgan fingerprint density at radius 1 is 1.29 bits per heavy atom. The third kappa shape index (κ3) is 3.46. The monoisotopic (exact) mass is 327 g/mol. The number of benzene rings is 1. The van der Waals surface area contributed by atoms with Gasteiger partial charge in [-0.15, -0.1) is 0 Å². The van der Waals surface area contributed by atoms with Crippen molar-refractivity contribution in [1.82, 2.24) is 20.2 Å². The van der Waals surface area contributed by atoms with Crippen molar-refractivity contribution in [2.75, 3.05) is 5.32 Å². The van der Waals surface area contributed by atoms with E-state index in [-0.39, 0.29) is 5.91 Å². The number of fused-ring (bicyclic) bond motifs is 1. The molecule has 2 aromatic heterocycles. The van der Waals surface area contributed by atoms with Gasteiger partial charge in [-0.3, -0.25) is 9.89 Å². The summed E-state index contributed by atoms with van der Waals surface area (Å²) >= 11 is 0. The second-order valence-corrected chi connectivity index (χ2v) is 6.36. The summed E-state index contributed by atoms with van der Waals surface area (Å²) < 4.78 is 0. The number of anilines is 1. The molecule has 1 amide bonds. The maximum atomic E-state index is 12.3. The smallest absolute Gasteiger partial charge is 0.276 e. The van der Waals surface area contributed by atoms with Crippen LogP contribution in [0.15, 0.2) is 24.3 Å². The van der Waals surface area contributed by atoms with Crippen molar-refractivity contribution in [2.45, 2.75) is 33.3 Å². The van der Waals surface area contributed by atoms with Gasteiger partial charge in [-0.25, -0.2) is 4.98 Å². The second kappa shape index (κ2) is 6.45. The highest BCUT2D eigenvalue weighted by Gasteiger charge is 2.13. The Labute approximate surface area is 139 Å². The number of carbonyl (C=O) groups is 1. The Morgan fingerprint density at radius 3 is 2.79 bits per heavy atom. The Bertz CT molecular complexity index is 863. The zero-order chi connectivity index (χ0) is 17.3. The number of aromatic nitrogens is 4. The minimum atomic E-state index is -0.668. The third-order valence-corrected chi connectivity index (χ3v) is 3.65. The largest absolute Gasteiger partial charge is 0.385 e. The summed E-state index contributed by atoms with van der Waals surface area (Å²) in [6.45, 7) is 5.87. The SMILES string of the molecule is CC(C)Cc1cc(C(=O)Nc2ccc3nc(C(C)O)[nH]c3c2)n[nH]1. The average Bonchev–Trinajstić information content (AvgIpc) is 3.12. The Hall–Kier alpha value is -2.67. The summed E-state index contributed by atoms with van der Waals surface area (Å²) in [7, 11) is 0. The molecule has 2 heterocycles. The predicted molar refractivity (Wildman–Crippen MR) is 91.8 cm³/mol. The van der Waals surface area contributed by atoms with Crippen molar-refractivity contribution in [3.63, 3.8) is 0 Å². The van der Waals surface area contributed by atoms with Gasteiger partial charge in [0.05, 0.1) is 11.0 Å². The number of aromatic amines is 2. The normalized spacial score (nSPS) is 12.7. The summed E-state index contributed by atoms with van der Waals surface area (Å²) in [5, 5.41) is 19.4. The number of aliphatic hydroxyl groups excluding tert-OH is 1. The van der Waals surface area contributed by atoms with E-state index in [1.807, 2.05) is 0 Å². The number of H-pyrrole nitrogens is 2. The molecule has 1 unspecified atom stereocenters. The molecule has 0 aliphatic rings. The molecule has 3 rings (SSSR count). The molecule has 0 aliphatic carbocycles. The lowest BCUT2D eigenvalue weighted by molar-refractivity contribution is 0.102. The van der Waals surface area contributed by atoms with Crippen LogP contribution in [0.5, 0.6) is 0 Å². The predicted octanol–water partition coefficient (Wildman–Crippen LogP) is 2.79. The minimum Gasteiger partial charge on any atom is -0.385 e. The fourth-order valence-electron chi connectivity index (χ4n) is 2.52. The summed E-state index contributed by atoms with van der Waals surface area (Å²) in [5.41, 5.74) is 3.44. The van der Waals surface area contributed by atoms with Gasteiger partial charge in [0.2, 0.25) is 0 Å². The summed E-state index contributed by atoms with van der Waals surface area (Å²) in [5.74, 6) is 0.724. The number of nitrogens with zero attached hydrogens (tertiary/aromatic N) is 2. The Kier molecular flexibility index (Phi) is 4.35. The van der Waals surface area contributed by atoms with Gasteiger partial charge in [0.1, 0.15) is 11.9 Å². The summed E-state index contributed by atoms with van der Waals surface area (Å²) in [6, 6.07) is 7.13. The first-order valence-electron chi connectivity index (χ1n) is 7.95. The van der Waals surface area contributed by atoms with Gasteiger partial charge in [0, 0.05) is 11.4 Å². The third-order valence-electron chi connectivity index (χ3n) is 3.65. The summed E-state index contributed by atoms with van der Waals surface area (Å²) in [4.78, 5) is 19.6. The average molecular weight is 327 g/mol. The van der Waals surface area contributed by atoms with Gasteiger partial charge in [-0.2, -0.15) is 5.10 Å². The van der Waals surface area contributed by atoms with E-state index < -0.39 is 6.10 Å². The Balaban J connectivity index is 1.76. The van der Waals surface area contributed by atoms with E-state index in [0.717, 1.165) is 23.1 Å². The molecule has 24 heavy (non-hydrogen) atoms. The van der Waals surface area contributed by atoms with Gasteiger partial charge in [-0.05, 0) is 43.5 Å². The number of rotatable bonds is 5. The van der Waals surface area contributed by atoms with Crippen molar-refractivity contribution >= 4 is 22.6 Å². The van der Waals surface area contributed by atoms with Gasteiger partial charge in [0.15, 0.2) is 5.69 Å². The Morgan fingerprint density at radius 2 is 2.08 bits per heavy atom. The van der Waals surface area contributed by atoms with E-state index in [1.54, 1.807) is 31.2 Å².